The Hall–Kier alpha value is -4.59. The number of hydrogen-bond acceptors (Lipinski definition) is 8. The molecule has 3 aromatic rings. The number of piperazine rings is 1. The first-order valence-electron chi connectivity index (χ1n) is 12.5. The molecular weight excluding hydrogens is 532 g/mol. The first-order chi connectivity index (χ1) is 19.1. The summed E-state index contributed by atoms with van der Waals surface area (Å²) in [6, 6.07) is 4.99. The van der Waals surface area contributed by atoms with E-state index in [0.717, 1.165) is 5.69 Å². The van der Waals surface area contributed by atoms with Crippen LogP contribution in [0.25, 0.3) is 10.9 Å². The monoisotopic (exact) mass is 557 g/mol. The smallest absolute Gasteiger partial charge is 0.269 e. The average Bonchev–Trinajstić information content (AvgIpc) is 2.96. The third kappa shape index (κ3) is 4.70. The van der Waals surface area contributed by atoms with E-state index in [1.54, 1.807) is 19.1 Å². The lowest BCUT2D eigenvalue weighted by Gasteiger charge is -2.37. The van der Waals surface area contributed by atoms with Gasteiger partial charge >= 0.3 is 0 Å². The van der Waals surface area contributed by atoms with Crippen LogP contribution >= 0.6 is 0 Å². The van der Waals surface area contributed by atoms with Crippen LogP contribution in [0, 0.1) is 21.7 Å². The summed E-state index contributed by atoms with van der Waals surface area (Å²) in [5.74, 6) is -4.44. The molecule has 2 N–H and O–H groups in total. The molecule has 0 radical (unpaired) electrons. The van der Waals surface area contributed by atoms with Gasteiger partial charge < -0.3 is 29.5 Å². The Morgan fingerprint density at radius 2 is 1.88 bits per heavy atom. The third-order valence-corrected chi connectivity index (χ3v) is 7.16. The van der Waals surface area contributed by atoms with E-state index in [0.29, 0.717) is 19.2 Å². The maximum absolute atomic E-state index is 14.3. The van der Waals surface area contributed by atoms with Crippen LogP contribution in [0.15, 0.2) is 41.3 Å². The number of hydrogen-bond donors (Lipinski definition) is 2. The summed E-state index contributed by atoms with van der Waals surface area (Å²) >= 11 is 0. The molecule has 2 aliphatic heterocycles. The van der Waals surface area contributed by atoms with Gasteiger partial charge in [-0.1, -0.05) is 0 Å². The maximum Gasteiger partial charge on any atom is 0.269 e. The van der Waals surface area contributed by atoms with Crippen molar-refractivity contribution in [3.05, 3.63) is 74.1 Å². The largest absolute Gasteiger partial charge is 0.486 e. The zero-order chi connectivity index (χ0) is 28.7. The molecule has 0 bridgehead atoms. The fourth-order valence-corrected chi connectivity index (χ4v) is 4.97. The van der Waals surface area contributed by atoms with Gasteiger partial charge in [-0.25, -0.2) is 4.39 Å². The van der Waals surface area contributed by atoms with Gasteiger partial charge in [-0.15, -0.1) is 0 Å². The molecule has 0 spiro atoms. The first-order valence-corrected chi connectivity index (χ1v) is 12.5. The van der Waals surface area contributed by atoms with Crippen molar-refractivity contribution >= 4 is 34.1 Å². The highest BCUT2D eigenvalue weighted by Gasteiger charge is 2.32. The Labute approximate surface area is 225 Å². The molecule has 3 heterocycles. The normalized spacial score (nSPS) is 17.4. The molecular formula is C26H25F2N5O7. The fraction of sp³-hybridized carbons (Fsp3) is 0.346. The first kappa shape index (κ1) is 27.0. The number of aliphatic hydroxyl groups is 1. The topological polar surface area (TPSA) is 147 Å². The summed E-state index contributed by atoms with van der Waals surface area (Å²) in [6.07, 6.45) is 1.22. The van der Waals surface area contributed by atoms with Crippen LogP contribution in [-0.4, -0.2) is 76.7 Å². The number of ether oxygens (including phenoxy) is 1. The molecule has 2 aliphatic rings. The Bertz CT molecular complexity index is 1570. The van der Waals surface area contributed by atoms with Gasteiger partial charge in [0.1, 0.15) is 18.2 Å². The predicted molar refractivity (Wildman–Crippen MR) is 139 cm³/mol. The van der Waals surface area contributed by atoms with Crippen LogP contribution < -0.4 is 20.4 Å². The number of nitro benzene ring substituents is 1. The Kier molecular flexibility index (Phi) is 7.10. The number of pyridine rings is 1. The number of halogens is 2. The number of nitrogens with zero attached hydrogens (tertiary/aromatic N) is 4. The van der Waals surface area contributed by atoms with Crippen LogP contribution in [0.4, 0.5) is 20.2 Å². The van der Waals surface area contributed by atoms with E-state index >= 15 is 0 Å². The molecule has 2 aromatic carbocycles. The number of anilines is 1. The quantitative estimate of drug-likeness (QED) is 0.343. The zero-order valence-electron chi connectivity index (χ0n) is 21.3. The molecule has 5 rings (SSSR count). The SMILES string of the molecule is CC1COc2c(F)c(F)cc3c(=O)c(C(=O)N[C@@H](CO)C(=O)N4CCN(c5ccc([N+](=O)[O-])cc5)CC4)cn1c23. The summed E-state index contributed by atoms with van der Waals surface area (Å²) in [6.45, 7) is 2.31. The highest BCUT2D eigenvalue weighted by atomic mass is 19.2. The average molecular weight is 558 g/mol. The summed E-state index contributed by atoms with van der Waals surface area (Å²) < 4.78 is 35.3. The minimum atomic E-state index is -1.35. The second-order valence-electron chi connectivity index (χ2n) is 9.63. The van der Waals surface area contributed by atoms with Gasteiger partial charge in [0.05, 0.1) is 28.5 Å². The van der Waals surface area contributed by atoms with Crippen molar-refractivity contribution < 1.29 is 33.1 Å². The van der Waals surface area contributed by atoms with Gasteiger partial charge in [0.15, 0.2) is 11.6 Å². The molecule has 0 saturated carbocycles. The lowest BCUT2D eigenvalue weighted by atomic mass is 10.1. The Morgan fingerprint density at radius 1 is 1.20 bits per heavy atom. The van der Waals surface area contributed by atoms with Gasteiger partial charge in [0, 0.05) is 50.2 Å². The minimum Gasteiger partial charge on any atom is -0.486 e. The highest BCUT2D eigenvalue weighted by Crippen LogP contribution is 2.35. The Morgan fingerprint density at radius 3 is 2.50 bits per heavy atom. The fourth-order valence-electron chi connectivity index (χ4n) is 4.97. The summed E-state index contributed by atoms with van der Waals surface area (Å²) in [5.41, 5.74) is -0.519. The number of nitrogens with one attached hydrogen (secondary N) is 1. The molecule has 0 aliphatic carbocycles. The van der Waals surface area contributed by atoms with Crippen molar-refractivity contribution in [3.63, 3.8) is 0 Å². The predicted octanol–water partition coefficient (Wildman–Crippen LogP) is 1.58. The van der Waals surface area contributed by atoms with Crippen LogP contribution in [0.1, 0.15) is 23.3 Å². The Balaban J connectivity index is 1.32. The summed E-state index contributed by atoms with van der Waals surface area (Å²) in [7, 11) is 0. The standard InChI is InChI=1S/C26H25F2N5O7/c1-14-13-40-24-21(28)19(27)10-17-22(24)32(14)11-18(23(17)35)25(36)29-20(12-34)26(37)31-8-6-30(7-9-31)15-2-4-16(5-3-15)33(38)39/h2-5,10-11,14,20,34H,6-9,12-13H2,1H3,(H,29,36)/t14?,20-/m0/s1. The third-order valence-electron chi connectivity index (χ3n) is 7.16. The van der Waals surface area contributed by atoms with Crippen molar-refractivity contribution in [2.45, 2.75) is 19.0 Å². The molecule has 1 fully saturated rings. The maximum atomic E-state index is 14.3. The van der Waals surface area contributed by atoms with Crippen LogP contribution in [0.5, 0.6) is 5.75 Å². The lowest BCUT2D eigenvalue weighted by molar-refractivity contribution is -0.384. The van der Waals surface area contributed by atoms with E-state index in [1.807, 2.05) is 4.90 Å². The van der Waals surface area contributed by atoms with Crippen molar-refractivity contribution in [2.75, 3.05) is 44.3 Å². The lowest BCUT2D eigenvalue weighted by Crippen LogP contribution is -2.56. The van der Waals surface area contributed by atoms with Crippen LogP contribution in [0.3, 0.4) is 0 Å². The number of rotatable bonds is 6. The molecule has 1 unspecified atom stereocenters. The van der Waals surface area contributed by atoms with E-state index in [1.165, 1.54) is 27.8 Å². The van der Waals surface area contributed by atoms with Crippen molar-refractivity contribution in [1.29, 1.82) is 0 Å². The number of benzene rings is 2. The summed E-state index contributed by atoms with van der Waals surface area (Å²) in [4.78, 5) is 53.2. The molecule has 210 valence electrons. The number of amides is 2. The van der Waals surface area contributed by atoms with Gasteiger partial charge in [0.25, 0.3) is 11.6 Å². The van der Waals surface area contributed by atoms with Crippen LogP contribution in [-0.2, 0) is 4.79 Å². The van der Waals surface area contributed by atoms with E-state index in [-0.39, 0.29) is 36.3 Å². The van der Waals surface area contributed by atoms with Gasteiger partial charge in [-0.3, -0.25) is 24.5 Å². The second-order valence-corrected chi connectivity index (χ2v) is 9.63. The summed E-state index contributed by atoms with van der Waals surface area (Å²) in [5, 5.41) is 22.9. The molecule has 40 heavy (non-hydrogen) atoms. The van der Waals surface area contributed by atoms with Gasteiger partial charge in [0.2, 0.25) is 17.2 Å². The van der Waals surface area contributed by atoms with E-state index < -0.39 is 63.8 Å². The van der Waals surface area contributed by atoms with Crippen molar-refractivity contribution in [3.8, 4) is 5.75 Å². The molecule has 2 atom stereocenters. The number of aromatic nitrogens is 1. The number of non-ortho nitro benzene ring substituents is 1. The van der Waals surface area contributed by atoms with Crippen molar-refractivity contribution in [2.24, 2.45) is 0 Å². The zero-order valence-corrected chi connectivity index (χ0v) is 21.3. The van der Waals surface area contributed by atoms with Gasteiger partial charge in [-0.05, 0) is 25.1 Å². The van der Waals surface area contributed by atoms with Crippen LogP contribution in [0.2, 0.25) is 0 Å². The molecule has 1 saturated heterocycles. The van der Waals surface area contributed by atoms with E-state index in [2.05, 4.69) is 5.32 Å². The number of nitro groups is 1. The number of carbonyl (C=O) groups is 2. The van der Waals surface area contributed by atoms with Gasteiger partial charge in [-0.2, -0.15) is 4.39 Å². The molecule has 12 nitrogen and oxygen atoms in total. The van der Waals surface area contributed by atoms with E-state index in [9.17, 15) is 38.4 Å². The molecule has 14 heteroatoms. The second kappa shape index (κ2) is 10.5. The molecule has 2 amide bonds. The minimum absolute atomic E-state index is 0.0179. The molecule has 1 aromatic heterocycles. The number of carbonyl (C=O) groups excluding carboxylic acids is 2. The number of aliphatic hydroxyl groups excluding tert-OH is 1. The highest BCUT2D eigenvalue weighted by molar-refractivity contribution is 6.00. The van der Waals surface area contributed by atoms with Crippen molar-refractivity contribution in [1.82, 2.24) is 14.8 Å². The van der Waals surface area contributed by atoms with E-state index in [4.69, 9.17) is 4.74 Å².